The van der Waals surface area contributed by atoms with Gasteiger partial charge in [0, 0.05) is 39.3 Å². The van der Waals surface area contributed by atoms with Crippen LogP contribution in [0.15, 0.2) is 35.3 Å². The van der Waals surface area contributed by atoms with Crippen molar-refractivity contribution in [3.05, 3.63) is 46.5 Å². The first-order valence-electron chi connectivity index (χ1n) is 8.78. The Kier molecular flexibility index (Phi) is 5.50. The number of nitrogens with one attached hydrogen (secondary N) is 2. The van der Waals surface area contributed by atoms with Crippen LogP contribution < -0.4 is 15.8 Å². The SMILES string of the molecule is CN(C)c1ccc(NC2CCCN(C(=O)c3ccc(=O)[nH]n3)CC2)cn1. The molecule has 1 aliphatic rings. The van der Waals surface area contributed by atoms with Crippen LogP contribution in [-0.4, -0.2) is 59.2 Å². The number of anilines is 2. The Morgan fingerprint density at radius 2 is 2.08 bits per heavy atom. The summed E-state index contributed by atoms with van der Waals surface area (Å²) >= 11 is 0. The highest BCUT2D eigenvalue weighted by molar-refractivity contribution is 5.92. The molecule has 1 fully saturated rings. The maximum atomic E-state index is 12.5. The molecule has 3 rings (SSSR count). The molecular weight excluding hydrogens is 332 g/mol. The summed E-state index contributed by atoms with van der Waals surface area (Å²) in [6.07, 6.45) is 4.59. The average molecular weight is 356 g/mol. The van der Waals surface area contributed by atoms with Crippen molar-refractivity contribution in [3.63, 3.8) is 0 Å². The molecule has 1 amide bonds. The highest BCUT2D eigenvalue weighted by Gasteiger charge is 2.22. The molecule has 0 aliphatic carbocycles. The third-order valence-corrected chi connectivity index (χ3v) is 4.49. The number of pyridine rings is 1. The van der Waals surface area contributed by atoms with Gasteiger partial charge in [0.1, 0.15) is 11.5 Å². The molecule has 8 nitrogen and oxygen atoms in total. The number of aromatic amines is 1. The summed E-state index contributed by atoms with van der Waals surface area (Å²) in [4.78, 5) is 31.8. The van der Waals surface area contributed by atoms with Crippen LogP contribution in [0.5, 0.6) is 0 Å². The fraction of sp³-hybridized carbons (Fsp3) is 0.444. The minimum absolute atomic E-state index is 0.140. The predicted molar refractivity (Wildman–Crippen MR) is 101 cm³/mol. The third-order valence-electron chi connectivity index (χ3n) is 4.49. The van der Waals surface area contributed by atoms with Crippen molar-refractivity contribution in [2.75, 3.05) is 37.4 Å². The van der Waals surface area contributed by atoms with E-state index in [0.29, 0.717) is 19.1 Å². The van der Waals surface area contributed by atoms with E-state index in [1.807, 2.05) is 37.3 Å². The van der Waals surface area contributed by atoms with Gasteiger partial charge in [0.2, 0.25) is 0 Å². The normalized spacial score (nSPS) is 17.5. The molecule has 138 valence electrons. The fourth-order valence-corrected chi connectivity index (χ4v) is 3.04. The van der Waals surface area contributed by atoms with E-state index in [0.717, 1.165) is 30.8 Å². The lowest BCUT2D eigenvalue weighted by Gasteiger charge is -2.21. The van der Waals surface area contributed by atoms with E-state index < -0.39 is 0 Å². The summed E-state index contributed by atoms with van der Waals surface area (Å²) in [6.45, 7) is 1.34. The summed E-state index contributed by atoms with van der Waals surface area (Å²) in [5, 5.41) is 9.66. The minimum Gasteiger partial charge on any atom is -0.381 e. The van der Waals surface area contributed by atoms with Gasteiger partial charge in [-0.2, -0.15) is 5.10 Å². The van der Waals surface area contributed by atoms with Crippen LogP contribution in [0.1, 0.15) is 29.8 Å². The van der Waals surface area contributed by atoms with E-state index in [9.17, 15) is 9.59 Å². The lowest BCUT2D eigenvalue weighted by atomic mass is 10.1. The van der Waals surface area contributed by atoms with Crippen LogP contribution in [0.3, 0.4) is 0 Å². The molecule has 0 radical (unpaired) electrons. The maximum Gasteiger partial charge on any atom is 0.274 e. The Morgan fingerprint density at radius 3 is 2.73 bits per heavy atom. The van der Waals surface area contributed by atoms with Crippen LogP contribution in [0, 0.1) is 0 Å². The predicted octanol–water partition coefficient (Wildman–Crippen LogP) is 1.34. The third kappa shape index (κ3) is 4.38. The summed E-state index contributed by atoms with van der Waals surface area (Å²) in [5.74, 6) is 0.778. The number of carbonyl (C=O) groups is 1. The molecule has 0 saturated carbocycles. The molecule has 0 bridgehead atoms. The quantitative estimate of drug-likeness (QED) is 0.858. The largest absolute Gasteiger partial charge is 0.381 e. The van der Waals surface area contributed by atoms with E-state index >= 15 is 0 Å². The molecule has 8 heteroatoms. The molecule has 3 heterocycles. The van der Waals surface area contributed by atoms with E-state index in [1.165, 1.54) is 12.1 Å². The number of likely N-dealkylation sites (tertiary alicyclic amines) is 1. The van der Waals surface area contributed by atoms with Gasteiger partial charge in [-0.05, 0) is 37.5 Å². The Bertz CT molecular complexity index is 782. The lowest BCUT2D eigenvalue weighted by molar-refractivity contribution is 0.0754. The van der Waals surface area contributed by atoms with Gasteiger partial charge in [-0.25, -0.2) is 10.1 Å². The topological polar surface area (TPSA) is 94.2 Å². The second-order valence-corrected chi connectivity index (χ2v) is 6.67. The number of amides is 1. The molecule has 1 atom stereocenters. The molecule has 26 heavy (non-hydrogen) atoms. The molecule has 1 unspecified atom stereocenters. The fourth-order valence-electron chi connectivity index (χ4n) is 3.04. The number of hydrogen-bond acceptors (Lipinski definition) is 6. The van der Waals surface area contributed by atoms with Gasteiger partial charge < -0.3 is 15.1 Å². The highest BCUT2D eigenvalue weighted by Crippen LogP contribution is 2.19. The number of nitrogens with zero attached hydrogens (tertiary/aromatic N) is 4. The Hall–Kier alpha value is -2.90. The number of carbonyl (C=O) groups excluding carboxylic acids is 1. The molecule has 2 aromatic rings. The molecule has 1 aliphatic heterocycles. The lowest BCUT2D eigenvalue weighted by Crippen LogP contribution is -2.33. The molecule has 0 aromatic carbocycles. The van der Waals surface area contributed by atoms with Gasteiger partial charge in [-0.15, -0.1) is 0 Å². The van der Waals surface area contributed by atoms with Crippen molar-refractivity contribution in [1.82, 2.24) is 20.1 Å². The average Bonchev–Trinajstić information content (AvgIpc) is 2.88. The van der Waals surface area contributed by atoms with E-state index in [-0.39, 0.29) is 17.2 Å². The first-order valence-corrected chi connectivity index (χ1v) is 8.78. The van der Waals surface area contributed by atoms with Gasteiger partial charge in [0.15, 0.2) is 0 Å². The molecule has 2 N–H and O–H groups in total. The van der Waals surface area contributed by atoms with Crippen LogP contribution in [0.2, 0.25) is 0 Å². The van der Waals surface area contributed by atoms with E-state index in [2.05, 4.69) is 20.5 Å². The minimum atomic E-state index is -0.310. The summed E-state index contributed by atoms with van der Waals surface area (Å²) < 4.78 is 0. The Balaban J connectivity index is 1.58. The van der Waals surface area contributed by atoms with Crippen LogP contribution >= 0.6 is 0 Å². The van der Waals surface area contributed by atoms with Gasteiger partial charge in [-0.3, -0.25) is 9.59 Å². The first-order chi connectivity index (χ1) is 12.5. The second kappa shape index (κ2) is 7.99. The monoisotopic (exact) mass is 356 g/mol. The van der Waals surface area contributed by atoms with Crippen molar-refractivity contribution >= 4 is 17.4 Å². The number of aromatic nitrogens is 3. The zero-order chi connectivity index (χ0) is 18.5. The van der Waals surface area contributed by atoms with Crippen LogP contribution in [0.25, 0.3) is 0 Å². The first kappa shape index (κ1) is 17.9. The number of hydrogen-bond donors (Lipinski definition) is 2. The summed E-state index contributed by atoms with van der Waals surface area (Å²) in [6, 6.07) is 7.10. The summed E-state index contributed by atoms with van der Waals surface area (Å²) in [5.41, 5.74) is 0.956. The van der Waals surface area contributed by atoms with Gasteiger partial charge in [-0.1, -0.05) is 0 Å². The summed E-state index contributed by atoms with van der Waals surface area (Å²) in [7, 11) is 3.92. The van der Waals surface area contributed by atoms with Gasteiger partial charge in [0.25, 0.3) is 11.5 Å². The standard InChI is InChI=1S/C18H24N6O2/c1-23(2)16-7-5-14(12-19-16)20-13-4-3-10-24(11-9-13)18(26)15-6-8-17(25)22-21-15/h5-8,12-13,20H,3-4,9-11H2,1-2H3,(H,22,25). The van der Waals surface area contributed by atoms with E-state index in [4.69, 9.17) is 0 Å². The molecular formula is C18H24N6O2. The van der Waals surface area contributed by atoms with Crippen molar-refractivity contribution in [3.8, 4) is 0 Å². The highest BCUT2D eigenvalue weighted by atomic mass is 16.2. The van der Waals surface area contributed by atoms with Crippen molar-refractivity contribution in [1.29, 1.82) is 0 Å². The van der Waals surface area contributed by atoms with Gasteiger partial charge >= 0.3 is 0 Å². The zero-order valence-electron chi connectivity index (χ0n) is 15.1. The smallest absolute Gasteiger partial charge is 0.274 e. The van der Waals surface area contributed by atoms with Crippen LogP contribution in [-0.2, 0) is 0 Å². The van der Waals surface area contributed by atoms with Crippen molar-refractivity contribution in [2.45, 2.75) is 25.3 Å². The second-order valence-electron chi connectivity index (χ2n) is 6.67. The van der Waals surface area contributed by atoms with Crippen molar-refractivity contribution < 1.29 is 4.79 Å². The van der Waals surface area contributed by atoms with Crippen LogP contribution in [0.4, 0.5) is 11.5 Å². The molecule has 2 aromatic heterocycles. The molecule has 1 saturated heterocycles. The Labute approximate surface area is 152 Å². The van der Waals surface area contributed by atoms with E-state index in [1.54, 1.807) is 4.90 Å². The maximum absolute atomic E-state index is 12.5. The zero-order valence-corrected chi connectivity index (χ0v) is 15.1. The van der Waals surface area contributed by atoms with Gasteiger partial charge in [0.05, 0.1) is 11.9 Å². The Morgan fingerprint density at radius 1 is 1.23 bits per heavy atom. The number of rotatable bonds is 4. The van der Waals surface area contributed by atoms with Crippen molar-refractivity contribution in [2.24, 2.45) is 0 Å². The molecule has 0 spiro atoms. The number of H-pyrrole nitrogens is 1.